The largest absolute Gasteiger partial charge is 0.410 e. The fourth-order valence-corrected chi connectivity index (χ4v) is 16.4. The Hall–Kier alpha value is -8.93. The molecule has 394 valence electrons. The van der Waals surface area contributed by atoms with E-state index in [9.17, 15) is 15.0 Å². The van der Waals surface area contributed by atoms with Crippen LogP contribution in [-0.2, 0) is 0 Å². The van der Waals surface area contributed by atoms with E-state index >= 15 is 17.6 Å². The molecule has 0 saturated heterocycles. The van der Waals surface area contributed by atoms with Crippen molar-refractivity contribution < 1.29 is 36.4 Å². The number of halogens is 5. The normalized spacial score (nSPS) is 12.6. The lowest BCUT2D eigenvalue weighted by molar-refractivity contribution is 0.315. The molecule has 2 N–H and O–H groups in total. The maximum Gasteiger partial charge on any atom is 0.170 e. The smallest absolute Gasteiger partial charge is 0.170 e. The Morgan fingerprint density at radius 3 is 1.32 bits per heavy atom. The van der Waals surface area contributed by atoms with Crippen LogP contribution in [0.4, 0.5) is 22.0 Å². The second kappa shape index (κ2) is 22.0. The average molecular weight is 1180 g/mol. The summed E-state index contributed by atoms with van der Waals surface area (Å²) in [7, 11) is 0. The Labute approximate surface area is 482 Å². The summed E-state index contributed by atoms with van der Waals surface area (Å²) in [5.41, 5.74) is 1.90. The minimum absolute atomic E-state index is 0.0112. The van der Waals surface area contributed by atoms with Gasteiger partial charge in [0.25, 0.3) is 0 Å². The van der Waals surface area contributed by atoms with Crippen LogP contribution in [0, 0.1) is 99.7 Å². The Bertz CT molecular complexity index is 4900. The fourth-order valence-electron chi connectivity index (χ4n) is 9.22. The molecule has 0 unspecified atom stereocenters. The zero-order valence-corrected chi connectivity index (χ0v) is 47.9. The number of hydrogen-bond donors (Lipinski definition) is 2. The van der Waals surface area contributed by atoms with Crippen molar-refractivity contribution in [3.63, 3.8) is 0 Å². The van der Waals surface area contributed by atoms with Gasteiger partial charge in [0.05, 0.1) is 57.2 Å². The quantitative estimate of drug-likeness (QED) is 0.0509. The van der Waals surface area contributed by atoms with E-state index in [1.807, 2.05) is 11.4 Å². The zero-order chi connectivity index (χ0) is 57.0. The first-order valence-electron chi connectivity index (χ1n) is 23.8. The lowest BCUT2D eigenvalue weighted by atomic mass is 9.86. The summed E-state index contributed by atoms with van der Waals surface area (Å²) in [4.78, 5) is 5.14. The zero-order valence-electron chi connectivity index (χ0n) is 43.0. The van der Waals surface area contributed by atoms with Gasteiger partial charge in [0.15, 0.2) is 23.3 Å². The lowest BCUT2D eigenvalue weighted by Crippen LogP contribution is -2.22. The van der Waals surface area contributed by atoms with Crippen molar-refractivity contribution >= 4 is 113 Å². The molecule has 11 rings (SSSR count). The van der Waals surface area contributed by atoms with Gasteiger partial charge >= 0.3 is 0 Å². The molecular weight excluding hydrogens is 1150 g/mol. The lowest BCUT2D eigenvalue weighted by Gasteiger charge is -2.21. The first-order valence-corrected chi connectivity index (χ1v) is 28.8. The summed E-state index contributed by atoms with van der Waals surface area (Å²) in [6.45, 7) is 11.4. The molecule has 81 heavy (non-hydrogen) atoms. The summed E-state index contributed by atoms with van der Waals surface area (Å²) < 4.78 is 92.0. The maximum atomic E-state index is 17.5. The number of rotatable bonds is 8. The highest BCUT2D eigenvalue weighted by atomic mass is 32.1. The summed E-state index contributed by atoms with van der Waals surface area (Å²) in [5, 5.41) is 41.5. The number of nitrogens with zero attached hydrogens (tertiary/aromatic N) is 5. The molecule has 0 amide bonds. The third kappa shape index (κ3) is 9.10. The predicted octanol–water partition coefficient (Wildman–Crippen LogP) is 16.9. The third-order valence-electron chi connectivity index (χ3n) is 12.5. The molecule has 1 aliphatic rings. The minimum Gasteiger partial charge on any atom is -0.410 e. The van der Waals surface area contributed by atoms with Crippen molar-refractivity contribution in [3.8, 4) is 132 Å². The highest BCUT2D eigenvalue weighted by molar-refractivity contribution is 7.26. The van der Waals surface area contributed by atoms with Gasteiger partial charge < -0.3 is 5.21 Å². The standard InChI is InChI=1S/C61H31F5N6O3S6/c1-8-14-29-20-21-76-56(29)57-30(15-9-2)24-40(79-57)45-49(65)50(66)46(55-54(45)71-75-72-55)41-26-34(19-13-6)61(81-41)59-32(17-11-4)23-38(78-59)43-47(63)28(7)42(53(68-73)51(43)67)37-22-31(16-10-3)58(77-37)60-33(18-12-5)25-39(80-60)44-48(64)35(62)27-36-52(44)70-74-69-36/h20-27,67,73H,1-7H3/b67-51?,68-53-. The van der Waals surface area contributed by atoms with Crippen LogP contribution < -0.4 is 0 Å². The number of allylic oxidation sites excluding steroid dienone is 4. The van der Waals surface area contributed by atoms with Crippen LogP contribution in [0.2, 0.25) is 0 Å². The van der Waals surface area contributed by atoms with E-state index in [2.05, 4.69) is 96.8 Å². The Morgan fingerprint density at radius 2 is 0.864 bits per heavy atom. The van der Waals surface area contributed by atoms with Crippen molar-refractivity contribution in [2.24, 2.45) is 5.16 Å². The van der Waals surface area contributed by atoms with Gasteiger partial charge in [-0.3, -0.25) is 5.41 Å². The first-order chi connectivity index (χ1) is 39.3. The molecule has 0 fully saturated rings. The highest BCUT2D eigenvalue weighted by Gasteiger charge is 2.36. The number of nitrogens with one attached hydrogen (secondary N) is 1. The topological polar surface area (TPSA) is 134 Å². The third-order valence-corrected chi connectivity index (χ3v) is 19.7. The van der Waals surface area contributed by atoms with Gasteiger partial charge in [-0.25, -0.2) is 31.2 Å². The Kier molecular flexibility index (Phi) is 14.6. The van der Waals surface area contributed by atoms with Crippen molar-refractivity contribution in [3.05, 3.63) is 126 Å². The number of hydrogen-bond acceptors (Lipinski definition) is 15. The summed E-state index contributed by atoms with van der Waals surface area (Å²) >= 11 is 7.12. The highest BCUT2D eigenvalue weighted by Crippen LogP contribution is 2.52. The first kappa shape index (κ1) is 54.0. The monoisotopic (exact) mass is 1180 g/mol. The summed E-state index contributed by atoms with van der Waals surface area (Å²) in [5.74, 6) is 30.5. The van der Waals surface area contributed by atoms with Crippen LogP contribution >= 0.6 is 68.0 Å². The second-order valence-electron chi connectivity index (χ2n) is 17.2. The van der Waals surface area contributed by atoms with Gasteiger partial charge in [0.1, 0.15) is 33.6 Å². The van der Waals surface area contributed by atoms with E-state index in [-0.39, 0.29) is 75.8 Å². The molecule has 0 bridgehead atoms. The van der Waals surface area contributed by atoms with E-state index < -0.39 is 34.8 Å². The number of aromatic nitrogens is 4. The van der Waals surface area contributed by atoms with Gasteiger partial charge in [0.2, 0.25) is 0 Å². The van der Waals surface area contributed by atoms with Crippen molar-refractivity contribution in [1.82, 2.24) is 20.6 Å². The SMILES string of the molecule is CC#Cc1ccsc1-c1sc(-c2c(F)c(F)c(-c3cc(C#CC)c(-c4sc(C5=C(F)C(C)=C(c6cc(C#CC)c(-c7sc(-c8c(F)c(F)cc9nonc89)cc7C#CC)s6)/C(=N/O)C5=N)cc4C#CC)s3)c3nonc23)cc1C#CC. The van der Waals surface area contributed by atoms with Crippen LogP contribution in [0.15, 0.2) is 73.7 Å². The van der Waals surface area contributed by atoms with Crippen molar-refractivity contribution in [1.29, 1.82) is 5.41 Å². The molecule has 10 aromatic rings. The fraction of sp³-hybridized carbons (Fsp3) is 0.115. The number of fused-ring (bicyclic) bond motifs is 2. The molecule has 2 aromatic carbocycles. The van der Waals surface area contributed by atoms with E-state index in [4.69, 9.17) is 9.26 Å². The van der Waals surface area contributed by atoms with E-state index in [1.165, 1.54) is 29.6 Å². The molecule has 1 aliphatic carbocycles. The summed E-state index contributed by atoms with van der Waals surface area (Å²) in [6.07, 6.45) is 0. The van der Waals surface area contributed by atoms with Gasteiger partial charge in [-0.05, 0) is 116 Å². The average Bonchev–Trinajstić information content (AvgIpc) is 4.46. The molecule has 0 radical (unpaired) electrons. The van der Waals surface area contributed by atoms with E-state index in [1.54, 1.807) is 71.9 Å². The molecular formula is C61H31F5N6O3S6. The van der Waals surface area contributed by atoms with Crippen LogP contribution in [-0.4, -0.2) is 37.3 Å². The number of benzene rings is 2. The van der Waals surface area contributed by atoms with Crippen LogP contribution in [0.3, 0.4) is 0 Å². The number of thiophene rings is 6. The molecule has 20 heteroatoms. The molecule has 8 aromatic heterocycles. The second-order valence-corrected chi connectivity index (χ2v) is 23.4. The summed E-state index contributed by atoms with van der Waals surface area (Å²) in [6, 6.07) is 11.0. The Balaban J connectivity index is 1.01. The maximum absolute atomic E-state index is 17.5. The van der Waals surface area contributed by atoms with E-state index in [0.29, 0.717) is 57.1 Å². The molecule has 0 aliphatic heterocycles. The molecule has 0 spiro atoms. The van der Waals surface area contributed by atoms with Gasteiger partial charge in [-0.2, -0.15) is 0 Å². The van der Waals surface area contributed by atoms with Crippen LogP contribution in [0.1, 0.15) is 91.6 Å². The van der Waals surface area contributed by atoms with Gasteiger partial charge in [-0.15, -0.1) is 104 Å². The van der Waals surface area contributed by atoms with Crippen LogP contribution in [0.5, 0.6) is 0 Å². The van der Waals surface area contributed by atoms with Gasteiger partial charge in [0, 0.05) is 69.4 Å². The number of oxime groups is 1. The van der Waals surface area contributed by atoms with Crippen molar-refractivity contribution in [2.75, 3.05) is 0 Å². The molecule has 8 heterocycles. The molecule has 0 saturated carbocycles. The molecule has 9 nitrogen and oxygen atoms in total. The molecule has 0 atom stereocenters. The van der Waals surface area contributed by atoms with Gasteiger partial charge in [-0.1, -0.05) is 40.7 Å². The van der Waals surface area contributed by atoms with Crippen molar-refractivity contribution in [2.45, 2.75) is 48.5 Å². The van der Waals surface area contributed by atoms with E-state index in [0.717, 1.165) is 66.7 Å². The predicted molar refractivity (Wildman–Crippen MR) is 316 cm³/mol. The van der Waals surface area contributed by atoms with Crippen LogP contribution in [0.25, 0.3) is 93.8 Å². The Morgan fingerprint density at radius 1 is 0.481 bits per heavy atom. The minimum atomic E-state index is -1.20.